The highest BCUT2D eigenvalue weighted by atomic mass is 35.5. The van der Waals surface area contributed by atoms with E-state index >= 15 is 0 Å². The second-order valence-corrected chi connectivity index (χ2v) is 5.94. The SMILES string of the molecule is CCOC(=O)C(N)Cc1ccc(-c2ccc(Cl)cc2)s1. The highest BCUT2D eigenvalue weighted by Crippen LogP contribution is 2.29. The molecule has 1 unspecified atom stereocenters. The normalized spacial score (nSPS) is 12.2. The molecule has 2 N–H and O–H groups in total. The molecule has 2 rings (SSSR count). The largest absolute Gasteiger partial charge is 0.465 e. The van der Waals surface area contributed by atoms with Crippen LogP contribution in [0.25, 0.3) is 10.4 Å². The molecule has 5 heteroatoms. The molecular formula is C15H16ClNO2S. The van der Waals surface area contributed by atoms with Crippen LogP contribution in [0.3, 0.4) is 0 Å². The van der Waals surface area contributed by atoms with E-state index in [9.17, 15) is 4.79 Å². The third kappa shape index (κ3) is 3.82. The van der Waals surface area contributed by atoms with E-state index < -0.39 is 6.04 Å². The van der Waals surface area contributed by atoms with Gasteiger partial charge in [-0.15, -0.1) is 11.3 Å². The number of carbonyl (C=O) groups excluding carboxylic acids is 1. The summed E-state index contributed by atoms with van der Waals surface area (Å²) >= 11 is 7.50. The molecule has 0 spiro atoms. The fourth-order valence-corrected chi connectivity index (χ4v) is 3.00. The first-order chi connectivity index (χ1) is 9.60. The van der Waals surface area contributed by atoms with Crippen LogP contribution in [0.1, 0.15) is 11.8 Å². The minimum atomic E-state index is -0.605. The third-order valence-corrected chi connectivity index (χ3v) is 4.21. The summed E-state index contributed by atoms with van der Waals surface area (Å²) in [7, 11) is 0. The van der Waals surface area contributed by atoms with Crippen LogP contribution >= 0.6 is 22.9 Å². The van der Waals surface area contributed by atoms with E-state index in [0.29, 0.717) is 13.0 Å². The maximum absolute atomic E-state index is 11.5. The van der Waals surface area contributed by atoms with Gasteiger partial charge in [-0.05, 0) is 36.8 Å². The van der Waals surface area contributed by atoms with Gasteiger partial charge in [0.1, 0.15) is 6.04 Å². The zero-order valence-corrected chi connectivity index (χ0v) is 12.7. The summed E-state index contributed by atoms with van der Waals surface area (Å²) in [6.07, 6.45) is 0.497. The number of halogens is 1. The van der Waals surface area contributed by atoms with Crippen LogP contribution in [-0.4, -0.2) is 18.6 Å². The number of ether oxygens (including phenoxy) is 1. The lowest BCUT2D eigenvalue weighted by Crippen LogP contribution is -2.34. The van der Waals surface area contributed by atoms with Crippen LogP contribution in [0.2, 0.25) is 5.02 Å². The molecule has 0 saturated heterocycles. The molecule has 1 aromatic heterocycles. The van der Waals surface area contributed by atoms with Crippen molar-refractivity contribution in [3.05, 3.63) is 46.3 Å². The van der Waals surface area contributed by atoms with E-state index in [1.54, 1.807) is 18.3 Å². The Hall–Kier alpha value is -1.36. The minimum absolute atomic E-state index is 0.353. The third-order valence-electron chi connectivity index (χ3n) is 2.80. The van der Waals surface area contributed by atoms with Gasteiger partial charge < -0.3 is 10.5 Å². The number of hydrogen-bond acceptors (Lipinski definition) is 4. The van der Waals surface area contributed by atoms with Gasteiger partial charge >= 0.3 is 5.97 Å². The van der Waals surface area contributed by atoms with E-state index in [0.717, 1.165) is 20.3 Å². The minimum Gasteiger partial charge on any atom is -0.465 e. The zero-order valence-electron chi connectivity index (χ0n) is 11.1. The average Bonchev–Trinajstić information content (AvgIpc) is 2.88. The second kappa shape index (κ2) is 6.88. The van der Waals surface area contributed by atoms with Crippen molar-refractivity contribution >= 4 is 28.9 Å². The van der Waals surface area contributed by atoms with Crippen molar-refractivity contribution in [2.24, 2.45) is 5.73 Å². The van der Waals surface area contributed by atoms with Crippen LogP contribution in [0.5, 0.6) is 0 Å². The molecule has 0 aliphatic carbocycles. The molecule has 106 valence electrons. The lowest BCUT2D eigenvalue weighted by Gasteiger charge is -2.08. The van der Waals surface area contributed by atoms with Gasteiger partial charge in [0.25, 0.3) is 0 Å². The number of hydrogen-bond donors (Lipinski definition) is 1. The highest BCUT2D eigenvalue weighted by molar-refractivity contribution is 7.15. The lowest BCUT2D eigenvalue weighted by molar-refractivity contribution is -0.144. The van der Waals surface area contributed by atoms with E-state index in [4.69, 9.17) is 22.1 Å². The number of carbonyl (C=O) groups is 1. The molecule has 3 nitrogen and oxygen atoms in total. The number of benzene rings is 1. The Labute approximate surface area is 127 Å². The van der Waals surface area contributed by atoms with Gasteiger partial charge in [-0.3, -0.25) is 4.79 Å². The number of nitrogens with two attached hydrogens (primary N) is 1. The van der Waals surface area contributed by atoms with Gasteiger partial charge in [0.05, 0.1) is 6.61 Å². The summed E-state index contributed by atoms with van der Waals surface area (Å²) in [4.78, 5) is 13.7. The summed E-state index contributed by atoms with van der Waals surface area (Å²) in [5, 5.41) is 0.717. The summed E-state index contributed by atoms with van der Waals surface area (Å²) in [5.41, 5.74) is 6.92. The molecule has 0 aliphatic heterocycles. The number of thiophene rings is 1. The smallest absolute Gasteiger partial charge is 0.323 e. The molecule has 0 amide bonds. The van der Waals surface area contributed by atoms with Gasteiger partial charge in [0, 0.05) is 21.2 Å². The van der Waals surface area contributed by atoms with Crippen molar-refractivity contribution < 1.29 is 9.53 Å². The van der Waals surface area contributed by atoms with Crippen LogP contribution in [0, 0.1) is 0 Å². The topological polar surface area (TPSA) is 52.3 Å². The van der Waals surface area contributed by atoms with Crippen molar-refractivity contribution in [2.75, 3.05) is 6.61 Å². The quantitative estimate of drug-likeness (QED) is 0.860. The second-order valence-electron chi connectivity index (χ2n) is 4.34. The molecule has 1 heterocycles. The Kier molecular flexibility index (Phi) is 5.17. The summed E-state index contributed by atoms with van der Waals surface area (Å²) in [6.45, 7) is 2.13. The van der Waals surface area contributed by atoms with Crippen molar-refractivity contribution in [3.63, 3.8) is 0 Å². The van der Waals surface area contributed by atoms with Crippen LogP contribution in [0.4, 0.5) is 0 Å². The first kappa shape index (κ1) is 15.0. The van der Waals surface area contributed by atoms with E-state index in [-0.39, 0.29) is 5.97 Å². The van der Waals surface area contributed by atoms with Gasteiger partial charge in [-0.2, -0.15) is 0 Å². The van der Waals surface area contributed by atoms with Crippen LogP contribution < -0.4 is 5.73 Å². The Morgan fingerprint density at radius 2 is 2.00 bits per heavy atom. The van der Waals surface area contributed by atoms with Crippen molar-refractivity contribution in [3.8, 4) is 10.4 Å². The molecule has 0 radical (unpaired) electrons. The predicted molar refractivity (Wildman–Crippen MR) is 83.1 cm³/mol. The number of rotatable bonds is 5. The standard InChI is InChI=1S/C15H16ClNO2S/c1-2-19-15(18)13(17)9-12-7-8-14(20-12)10-3-5-11(16)6-4-10/h3-8,13H,2,9,17H2,1H3. The first-order valence-electron chi connectivity index (χ1n) is 6.37. The molecular weight excluding hydrogens is 294 g/mol. The van der Waals surface area contributed by atoms with Gasteiger partial charge in [-0.25, -0.2) is 0 Å². The van der Waals surface area contributed by atoms with Crippen LogP contribution in [0.15, 0.2) is 36.4 Å². The Morgan fingerprint density at radius 3 is 2.65 bits per heavy atom. The van der Waals surface area contributed by atoms with Crippen molar-refractivity contribution in [1.82, 2.24) is 0 Å². The molecule has 2 aromatic rings. The Balaban J connectivity index is 2.05. The molecule has 20 heavy (non-hydrogen) atoms. The fourth-order valence-electron chi connectivity index (χ4n) is 1.81. The summed E-state index contributed by atoms with van der Waals surface area (Å²) < 4.78 is 4.91. The zero-order chi connectivity index (χ0) is 14.5. The maximum atomic E-state index is 11.5. The van der Waals surface area contributed by atoms with Gasteiger partial charge in [-0.1, -0.05) is 23.7 Å². The first-order valence-corrected chi connectivity index (χ1v) is 7.56. The fraction of sp³-hybridized carbons (Fsp3) is 0.267. The molecule has 1 atom stereocenters. The summed E-state index contributed by atoms with van der Waals surface area (Å²) in [6, 6.07) is 11.1. The van der Waals surface area contributed by atoms with Gasteiger partial charge in [0.15, 0.2) is 0 Å². The van der Waals surface area contributed by atoms with E-state index in [1.807, 2.05) is 36.4 Å². The Bertz CT molecular complexity index is 580. The van der Waals surface area contributed by atoms with E-state index in [2.05, 4.69) is 0 Å². The van der Waals surface area contributed by atoms with E-state index in [1.165, 1.54) is 0 Å². The highest BCUT2D eigenvalue weighted by Gasteiger charge is 2.16. The molecule has 0 aliphatic rings. The number of esters is 1. The lowest BCUT2D eigenvalue weighted by atomic mass is 10.2. The molecule has 0 saturated carbocycles. The predicted octanol–water partition coefficient (Wildman–Crippen LogP) is 3.50. The van der Waals surface area contributed by atoms with Crippen molar-refractivity contribution in [1.29, 1.82) is 0 Å². The molecule has 0 fully saturated rings. The van der Waals surface area contributed by atoms with Crippen LogP contribution in [-0.2, 0) is 16.0 Å². The Morgan fingerprint density at radius 1 is 1.30 bits per heavy atom. The monoisotopic (exact) mass is 309 g/mol. The van der Waals surface area contributed by atoms with Crippen molar-refractivity contribution in [2.45, 2.75) is 19.4 Å². The molecule has 1 aromatic carbocycles. The average molecular weight is 310 g/mol. The molecule has 0 bridgehead atoms. The summed E-state index contributed by atoms with van der Waals surface area (Å²) in [5.74, 6) is -0.353. The van der Waals surface area contributed by atoms with Gasteiger partial charge in [0.2, 0.25) is 0 Å². The maximum Gasteiger partial charge on any atom is 0.323 e.